The Labute approximate surface area is 114 Å². The molecule has 0 spiro atoms. The first-order valence-corrected chi connectivity index (χ1v) is 6.39. The third kappa shape index (κ3) is 1.48. The zero-order valence-corrected chi connectivity index (χ0v) is 10.5. The number of benzene rings is 2. The van der Waals surface area contributed by atoms with Crippen LogP contribution in [0.25, 0.3) is 32.6 Å². The highest BCUT2D eigenvalue weighted by molar-refractivity contribution is 6.62. The van der Waals surface area contributed by atoms with E-state index in [1.165, 1.54) is 0 Å². The Morgan fingerprint density at radius 1 is 0.950 bits per heavy atom. The third-order valence-corrected chi connectivity index (χ3v) is 3.71. The molecule has 4 rings (SSSR count). The van der Waals surface area contributed by atoms with Crippen molar-refractivity contribution in [3.8, 4) is 0 Å². The van der Waals surface area contributed by atoms with Crippen LogP contribution < -0.4 is 5.46 Å². The van der Waals surface area contributed by atoms with E-state index in [9.17, 15) is 10.0 Å². The zero-order chi connectivity index (χ0) is 13.7. The summed E-state index contributed by atoms with van der Waals surface area (Å²) in [6.07, 6.45) is 3.54. The number of hydrogen-bond donors (Lipinski definition) is 3. The number of aromatic nitrogens is 2. The van der Waals surface area contributed by atoms with E-state index in [0.717, 1.165) is 32.6 Å². The van der Waals surface area contributed by atoms with Gasteiger partial charge in [-0.05, 0) is 28.4 Å². The van der Waals surface area contributed by atoms with Crippen molar-refractivity contribution in [3.05, 3.63) is 48.8 Å². The number of pyridine rings is 1. The van der Waals surface area contributed by atoms with Gasteiger partial charge in [-0.15, -0.1) is 0 Å². The predicted octanol–water partition coefficient (Wildman–Crippen LogP) is 1.55. The normalized spacial score (nSPS) is 11.5. The number of aromatic amines is 1. The lowest BCUT2D eigenvalue weighted by Gasteiger charge is -2.07. The minimum Gasteiger partial charge on any atom is -0.423 e. The summed E-state index contributed by atoms with van der Waals surface area (Å²) in [4.78, 5) is 7.40. The first-order valence-electron chi connectivity index (χ1n) is 6.39. The van der Waals surface area contributed by atoms with E-state index in [1.54, 1.807) is 18.5 Å². The maximum absolute atomic E-state index is 9.59. The lowest BCUT2D eigenvalue weighted by molar-refractivity contribution is 0.426. The minimum absolute atomic E-state index is 0.507. The van der Waals surface area contributed by atoms with Gasteiger partial charge in [0.2, 0.25) is 0 Å². The summed E-state index contributed by atoms with van der Waals surface area (Å²) < 4.78 is 0. The van der Waals surface area contributed by atoms with Crippen LogP contribution in [0.2, 0.25) is 0 Å². The molecule has 5 heteroatoms. The summed E-state index contributed by atoms with van der Waals surface area (Å²) in [5.41, 5.74) is 2.33. The van der Waals surface area contributed by atoms with Gasteiger partial charge in [0.15, 0.2) is 0 Å². The summed E-state index contributed by atoms with van der Waals surface area (Å²) in [5, 5.41) is 23.2. The molecule has 0 atom stereocenters. The van der Waals surface area contributed by atoms with Gasteiger partial charge in [0.05, 0.1) is 11.7 Å². The van der Waals surface area contributed by atoms with Crippen LogP contribution in [-0.2, 0) is 0 Å². The van der Waals surface area contributed by atoms with E-state index in [0.29, 0.717) is 5.46 Å². The highest BCUT2D eigenvalue weighted by Gasteiger charge is 2.18. The van der Waals surface area contributed by atoms with Crippen LogP contribution >= 0.6 is 0 Å². The molecule has 0 bridgehead atoms. The number of rotatable bonds is 1. The molecule has 0 saturated heterocycles. The molecule has 0 aliphatic carbocycles. The van der Waals surface area contributed by atoms with E-state index < -0.39 is 7.12 Å². The number of nitrogens with one attached hydrogen (secondary N) is 1. The Hall–Kier alpha value is -2.37. The van der Waals surface area contributed by atoms with Crippen molar-refractivity contribution in [1.82, 2.24) is 9.97 Å². The van der Waals surface area contributed by atoms with Gasteiger partial charge in [0, 0.05) is 22.5 Å². The molecule has 2 aromatic carbocycles. The largest absolute Gasteiger partial charge is 0.489 e. The van der Waals surface area contributed by atoms with Crippen LogP contribution in [-0.4, -0.2) is 27.1 Å². The molecular formula is C15H11BN2O2. The average Bonchev–Trinajstić information content (AvgIpc) is 2.84. The van der Waals surface area contributed by atoms with Crippen molar-refractivity contribution in [2.45, 2.75) is 0 Å². The maximum atomic E-state index is 9.59. The van der Waals surface area contributed by atoms with Crippen LogP contribution in [0.1, 0.15) is 0 Å². The average molecular weight is 262 g/mol. The highest BCUT2D eigenvalue weighted by Crippen LogP contribution is 2.30. The van der Waals surface area contributed by atoms with E-state index >= 15 is 0 Å². The van der Waals surface area contributed by atoms with E-state index in [2.05, 4.69) is 9.97 Å². The zero-order valence-electron chi connectivity index (χ0n) is 10.5. The van der Waals surface area contributed by atoms with E-state index in [1.807, 2.05) is 30.3 Å². The first kappa shape index (κ1) is 11.5. The van der Waals surface area contributed by atoms with Gasteiger partial charge in [-0.2, -0.15) is 0 Å². The summed E-state index contributed by atoms with van der Waals surface area (Å²) in [6, 6.07) is 11.5. The number of hydrogen-bond acceptors (Lipinski definition) is 3. The Balaban J connectivity index is 2.31. The number of fused-ring (bicyclic) bond motifs is 5. The molecule has 0 unspecified atom stereocenters. The second-order valence-corrected chi connectivity index (χ2v) is 4.85. The fourth-order valence-corrected chi connectivity index (χ4v) is 2.86. The molecule has 0 fully saturated rings. The van der Waals surface area contributed by atoms with Gasteiger partial charge in [-0.3, -0.25) is 4.98 Å². The fraction of sp³-hybridized carbons (Fsp3) is 0. The SMILES string of the molecule is OB(O)c1cc2[nH]c3cnccc3c2c2ccccc12. The molecule has 20 heavy (non-hydrogen) atoms. The molecule has 3 N–H and O–H groups in total. The second kappa shape index (κ2) is 4.06. The van der Waals surface area contributed by atoms with Crippen molar-refractivity contribution < 1.29 is 10.0 Å². The summed E-state index contributed by atoms with van der Waals surface area (Å²) >= 11 is 0. The topological polar surface area (TPSA) is 69.1 Å². The van der Waals surface area contributed by atoms with Gasteiger partial charge in [-0.25, -0.2) is 0 Å². The number of nitrogens with zero attached hydrogens (tertiary/aromatic N) is 1. The van der Waals surface area contributed by atoms with Gasteiger partial charge in [0.1, 0.15) is 0 Å². The molecule has 4 aromatic rings. The van der Waals surface area contributed by atoms with Crippen LogP contribution in [0.15, 0.2) is 48.8 Å². The smallest absolute Gasteiger partial charge is 0.423 e. The van der Waals surface area contributed by atoms with Crippen LogP contribution in [0.4, 0.5) is 0 Å². The van der Waals surface area contributed by atoms with Crippen molar-refractivity contribution in [1.29, 1.82) is 0 Å². The van der Waals surface area contributed by atoms with Crippen molar-refractivity contribution in [2.75, 3.05) is 0 Å². The Morgan fingerprint density at radius 2 is 1.75 bits per heavy atom. The molecule has 2 heterocycles. The molecule has 0 aliphatic rings. The Morgan fingerprint density at radius 3 is 2.55 bits per heavy atom. The van der Waals surface area contributed by atoms with Gasteiger partial charge >= 0.3 is 7.12 Å². The molecule has 0 aliphatic heterocycles. The van der Waals surface area contributed by atoms with Crippen molar-refractivity contribution >= 4 is 45.2 Å². The quantitative estimate of drug-likeness (QED) is 0.456. The fourth-order valence-electron chi connectivity index (χ4n) is 2.86. The van der Waals surface area contributed by atoms with Crippen molar-refractivity contribution in [2.24, 2.45) is 0 Å². The van der Waals surface area contributed by atoms with Crippen molar-refractivity contribution in [3.63, 3.8) is 0 Å². The van der Waals surface area contributed by atoms with Gasteiger partial charge in [-0.1, -0.05) is 24.3 Å². The lowest BCUT2D eigenvalue weighted by Crippen LogP contribution is -2.30. The van der Waals surface area contributed by atoms with Gasteiger partial charge in [0.25, 0.3) is 0 Å². The standard InChI is InChI=1S/C15H11BN2O2/c19-16(20)12-7-13-15(10-4-2-1-3-9(10)12)11-5-6-17-8-14(11)18-13/h1-8,18-20H. The monoisotopic (exact) mass is 262 g/mol. The van der Waals surface area contributed by atoms with Crippen LogP contribution in [0, 0.1) is 0 Å². The van der Waals surface area contributed by atoms with Crippen LogP contribution in [0.3, 0.4) is 0 Å². The lowest BCUT2D eigenvalue weighted by atomic mass is 9.76. The Bertz CT molecular complexity index is 946. The minimum atomic E-state index is -1.49. The molecular weight excluding hydrogens is 251 g/mol. The molecule has 0 radical (unpaired) electrons. The van der Waals surface area contributed by atoms with Crippen LogP contribution in [0.5, 0.6) is 0 Å². The predicted molar refractivity (Wildman–Crippen MR) is 80.9 cm³/mol. The summed E-state index contributed by atoms with van der Waals surface area (Å²) in [5.74, 6) is 0. The summed E-state index contributed by atoms with van der Waals surface area (Å²) in [6.45, 7) is 0. The molecule has 0 saturated carbocycles. The number of H-pyrrole nitrogens is 1. The Kier molecular flexibility index (Phi) is 2.33. The molecule has 0 amide bonds. The maximum Gasteiger partial charge on any atom is 0.489 e. The first-order chi connectivity index (χ1) is 9.75. The second-order valence-electron chi connectivity index (χ2n) is 4.85. The van der Waals surface area contributed by atoms with Gasteiger partial charge < -0.3 is 15.0 Å². The molecule has 96 valence electrons. The molecule has 4 nitrogen and oxygen atoms in total. The summed E-state index contributed by atoms with van der Waals surface area (Å²) in [7, 11) is -1.49. The molecule has 2 aromatic heterocycles. The highest BCUT2D eigenvalue weighted by atomic mass is 16.4. The van der Waals surface area contributed by atoms with E-state index in [4.69, 9.17) is 0 Å². The van der Waals surface area contributed by atoms with E-state index in [-0.39, 0.29) is 0 Å². The third-order valence-electron chi connectivity index (χ3n) is 3.71.